The van der Waals surface area contributed by atoms with E-state index in [-0.39, 0.29) is 18.1 Å². The average molecular weight is 304 g/mol. The van der Waals surface area contributed by atoms with Crippen LogP contribution in [0, 0.1) is 5.92 Å². The Bertz CT molecular complexity index is 272. The molecule has 1 saturated carbocycles. The molecular weight excluding hydrogens is 282 g/mol. The van der Waals surface area contributed by atoms with Gasteiger partial charge in [-0.05, 0) is 38.5 Å². The second-order valence-electron chi connectivity index (χ2n) is 5.33. The Hall–Kier alpha value is -0.0900. The van der Waals surface area contributed by atoms with Gasteiger partial charge in [0.2, 0.25) is 5.91 Å². The molecule has 4 unspecified atom stereocenters. The molecule has 1 aliphatic carbocycles. The summed E-state index contributed by atoms with van der Waals surface area (Å²) in [5.74, 6) is 0.693. The maximum Gasteiger partial charge on any atom is 0.249 e. The molecule has 1 N–H and O–H groups in total. The number of halogens is 1. The van der Waals surface area contributed by atoms with Gasteiger partial charge >= 0.3 is 0 Å². The van der Waals surface area contributed by atoms with Gasteiger partial charge in [0.1, 0.15) is 6.10 Å². The minimum absolute atomic E-state index is 0.104. The Morgan fingerprint density at radius 3 is 2.71 bits per heavy atom. The first-order chi connectivity index (χ1) is 8.20. The number of hydrogen-bond acceptors (Lipinski definition) is 2. The Balaban J connectivity index is 1.84. The maximum atomic E-state index is 12.1. The lowest BCUT2D eigenvalue weighted by molar-refractivity contribution is -0.133. The number of nitrogens with one attached hydrogen (secondary N) is 1. The van der Waals surface area contributed by atoms with Crippen molar-refractivity contribution in [3.63, 3.8) is 0 Å². The summed E-state index contributed by atoms with van der Waals surface area (Å²) >= 11 is 3.55. The van der Waals surface area contributed by atoms with Crippen LogP contribution in [0.1, 0.15) is 45.4 Å². The predicted octanol–water partition coefficient (Wildman–Crippen LogP) is 2.62. The molecule has 0 aromatic carbocycles. The summed E-state index contributed by atoms with van der Waals surface area (Å²) in [4.78, 5) is 12.1. The molecule has 4 heteroatoms. The summed E-state index contributed by atoms with van der Waals surface area (Å²) in [6.07, 6.45) is 6.77. The summed E-state index contributed by atoms with van der Waals surface area (Å²) in [5.41, 5.74) is 0. The second kappa shape index (κ2) is 6.19. The monoisotopic (exact) mass is 303 g/mol. The van der Waals surface area contributed by atoms with Crippen LogP contribution in [-0.4, -0.2) is 29.5 Å². The fourth-order valence-corrected chi connectivity index (χ4v) is 3.63. The van der Waals surface area contributed by atoms with E-state index in [1.807, 2.05) is 6.92 Å². The van der Waals surface area contributed by atoms with Gasteiger partial charge in [0.25, 0.3) is 0 Å². The van der Waals surface area contributed by atoms with E-state index in [0.717, 1.165) is 24.6 Å². The number of hydrogen-bond donors (Lipinski definition) is 1. The van der Waals surface area contributed by atoms with Crippen LogP contribution in [0.4, 0.5) is 0 Å². The Morgan fingerprint density at radius 2 is 2.06 bits per heavy atom. The molecule has 98 valence electrons. The molecule has 0 bridgehead atoms. The van der Waals surface area contributed by atoms with E-state index in [1.54, 1.807) is 0 Å². The van der Waals surface area contributed by atoms with Gasteiger partial charge in [0, 0.05) is 11.4 Å². The van der Waals surface area contributed by atoms with Gasteiger partial charge in [0.15, 0.2) is 0 Å². The lowest BCUT2D eigenvalue weighted by Gasteiger charge is -2.31. The van der Waals surface area contributed by atoms with Gasteiger partial charge in [0.05, 0.1) is 6.10 Å². The number of carbonyl (C=O) groups excluding carboxylic acids is 1. The van der Waals surface area contributed by atoms with E-state index in [9.17, 15) is 4.79 Å². The molecule has 4 atom stereocenters. The summed E-state index contributed by atoms with van der Waals surface area (Å²) in [6, 6.07) is 0.343. The molecule has 0 radical (unpaired) electrons. The second-order valence-corrected chi connectivity index (χ2v) is 5.97. The van der Waals surface area contributed by atoms with Crippen molar-refractivity contribution in [3.8, 4) is 0 Å². The number of ether oxygens (including phenoxy) is 1. The number of alkyl halides is 1. The van der Waals surface area contributed by atoms with E-state index in [0.29, 0.717) is 12.0 Å². The van der Waals surface area contributed by atoms with Crippen molar-refractivity contribution in [2.75, 3.05) is 5.33 Å². The third-order valence-electron chi connectivity index (χ3n) is 3.96. The SMILES string of the molecule is CC1CCC(C(=O)NC2CCCCC2CBr)O1. The van der Waals surface area contributed by atoms with E-state index < -0.39 is 0 Å². The van der Waals surface area contributed by atoms with Crippen LogP contribution in [0.3, 0.4) is 0 Å². The molecule has 0 spiro atoms. The zero-order valence-electron chi connectivity index (χ0n) is 10.5. The van der Waals surface area contributed by atoms with Crippen molar-refractivity contribution in [3.05, 3.63) is 0 Å². The summed E-state index contributed by atoms with van der Waals surface area (Å²) in [5, 5.41) is 4.17. The lowest BCUT2D eigenvalue weighted by Crippen LogP contribution is -2.46. The topological polar surface area (TPSA) is 38.3 Å². The standard InChI is InChI=1S/C13H22BrNO2/c1-9-6-7-12(17-9)13(16)15-11-5-3-2-4-10(11)8-14/h9-12H,2-8H2,1H3,(H,15,16). The number of amides is 1. The van der Waals surface area contributed by atoms with Crippen LogP contribution in [0.2, 0.25) is 0 Å². The van der Waals surface area contributed by atoms with Crippen molar-refractivity contribution in [1.82, 2.24) is 5.32 Å². The van der Waals surface area contributed by atoms with Crippen molar-refractivity contribution >= 4 is 21.8 Å². The normalized spacial score (nSPS) is 38.0. The molecule has 1 saturated heterocycles. The summed E-state index contributed by atoms with van der Waals surface area (Å²) in [6.45, 7) is 2.04. The third-order valence-corrected chi connectivity index (χ3v) is 4.79. The quantitative estimate of drug-likeness (QED) is 0.814. The Labute approximate surface area is 112 Å². The number of rotatable bonds is 3. The zero-order valence-corrected chi connectivity index (χ0v) is 12.0. The highest BCUT2D eigenvalue weighted by Gasteiger charge is 2.32. The van der Waals surface area contributed by atoms with Crippen LogP contribution in [0.25, 0.3) is 0 Å². The average Bonchev–Trinajstić information content (AvgIpc) is 2.77. The third kappa shape index (κ3) is 3.44. The van der Waals surface area contributed by atoms with E-state index in [4.69, 9.17) is 4.74 Å². The summed E-state index contributed by atoms with van der Waals surface area (Å²) in [7, 11) is 0. The number of carbonyl (C=O) groups is 1. The first-order valence-corrected chi connectivity index (χ1v) is 7.84. The molecular formula is C13H22BrNO2. The summed E-state index contributed by atoms with van der Waals surface area (Å²) < 4.78 is 5.61. The lowest BCUT2D eigenvalue weighted by atomic mass is 9.86. The zero-order chi connectivity index (χ0) is 12.3. The molecule has 2 rings (SSSR count). The van der Waals surface area contributed by atoms with Gasteiger partial charge in [-0.25, -0.2) is 0 Å². The van der Waals surface area contributed by atoms with Crippen LogP contribution in [0.15, 0.2) is 0 Å². The highest BCUT2D eigenvalue weighted by molar-refractivity contribution is 9.09. The van der Waals surface area contributed by atoms with Gasteiger partial charge in [-0.15, -0.1) is 0 Å². The van der Waals surface area contributed by atoms with Gasteiger partial charge < -0.3 is 10.1 Å². The van der Waals surface area contributed by atoms with Crippen molar-refractivity contribution in [1.29, 1.82) is 0 Å². The molecule has 1 heterocycles. The van der Waals surface area contributed by atoms with Crippen molar-refractivity contribution in [2.24, 2.45) is 5.92 Å². The fourth-order valence-electron chi connectivity index (χ4n) is 2.85. The van der Waals surface area contributed by atoms with Crippen LogP contribution < -0.4 is 5.32 Å². The minimum Gasteiger partial charge on any atom is -0.365 e. The highest BCUT2D eigenvalue weighted by atomic mass is 79.9. The molecule has 2 aliphatic rings. The molecule has 17 heavy (non-hydrogen) atoms. The van der Waals surface area contributed by atoms with E-state index in [2.05, 4.69) is 21.2 Å². The van der Waals surface area contributed by atoms with Crippen LogP contribution in [-0.2, 0) is 9.53 Å². The smallest absolute Gasteiger partial charge is 0.249 e. The fraction of sp³-hybridized carbons (Fsp3) is 0.923. The largest absolute Gasteiger partial charge is 0.365 e. The minimum atomic E-state index is -0.206. The Morgan fingerprint density at radius 1 is 1.29 bits per heavy atom. The molecule has 0 aromatic heterocycles. The van der Waals surface area contributed by atoms with Gasteiger partial charge in [-0.2, -0.15) is 0 Å². The van der Waals surface area contributed by atoms with Crippen molar-refractivity contribution in [2.45, 2.75) is 63.7 Å². The van der Waals surface area contributed by atoms with E-state index in [1.165, 1.54) is 19.3 Å². The van der Waals surface area contributed by atoms with E-state index >= 15 is 0 Å². The Kier molecular flexibility index (Phi) is 4.86. The molecule has 1 amide bonds. The van der Waals surface area contributed by atoms with Crippen LogP contribution in [0.5, 0.6) is 0 Å². The van der Waals surface area contributed by atoms with Crippen molar-refractivity contribution < 1.29 is 9.53 Å². The maximum absolute atomic E-state index is 12.1. The van der Waals surface area contributed by atoms with Gasteiger partial charge in [-0.3, -0.25) is 4.79 Å². The molecule has 3 nitrogen and oxygen atoms in total. The molecule has 1 aliphatic heterocycles. The van der Waals surface area contributed by atoms with Crippen LogP contribution >= 0.6 is 15.9 Å². The molecule has 0 aromatic rings. The van der Waals surface area contributed by atoms with Gasteiger partial charge in [-0.1, -0.05) is 28.8 Å². The first kappa shape index (κ1) is 13.3. The first-order valence-electron chi connectivity index (χ1n) is 6.72. The molecule has 2 fully saturated rings. The predicted molar refractivity (Wildman–Crippen MR) is 71.3 cm³/mol. The highest BCUT2D eigenvalue weighted by Crippen LogP contribution is 2.27.